The van der Waals surface area contributed by atoms with Gasteiger partial charge in [0.25, 0.3) is 0 Å². The number of rotatable bonds is 9. The van der Waals surface area contributed by atoms with Gasteiger partial charge in [-0.1, -0.05) is 22.4 Å². The normalized spacial score (nSPS) is 15.4. The average Bonchev–Trinajstić information content (AvgIpc) is 2.25. The molecule has 102 valence electrons. The lowest BCUT2D eigenvalue weighted by Gasteiger charge is -2.32. The van der Waals surface area contributed by atoms with Crippen LogP contribution < -0.4 is 0 Å². The zero-order valence-corrected chi connectivity index (χ0v) is 12.3. The maximum atomic E-state index is 12.1. The maximum absolute atomic E-state index is 12.1. The summed E-state index contributed by atoms with van der Waals surface area (Å²) in [7, 11) is 0.303. The Morgan fingerprint density at radius 3 is 2.41 bits per heavy atom. The van der Waals surface area contributed by atoms with Gasteiger partial charge in [0, 0.05) is 12.8 Å². The summed E-state index contributed by atoms with van der Waals surface area (Å²) in [6.45, 7) is 8.59. The molecule has 0 amide bonds. The van der Waals surface area contributed by atoms with Crippen LogP contribution in [0.1, 0.15) is 34.1 Å². The number of aliphatic hydroxyl groups excluding tert-OH is 1. The first kappa shape index (κ1) is 16.8. The maximum Gasteiger partial charge on any atom is 0.338 e. The molecule has 0 spiro atoms. The highest BCUT2D eigenvalue weighted by Gasteiger charge is 2.40. The molecule has 0 aliphatic heterocycles. The SMILES string of the molecule is CCOC(=O)C(CPCO)(CC(C)C)OCC. The lowest BCUT2D eigenvalue weighted by Crippen LogP contribution is -2.46. The summed E-state index contributed by atoms with van der Waals surface area (Å²) in [5, 5.41) is 8.95. The van der Waals surface area contributed by atoms with E-state index in [9.17, 15) is 4.79 Å². The van der Waals surface area contributed by atoms with Gasteiger partial charge in [-0.3, -0.25) is 0 Å². The second-order valence-electron chi connectivity index (χ2n) is 4.33. The molecule has 2 atom stereocenters. The van der Waals surface area contributed by atoms with Crippen molar-refractivity contribution in [2.75, 3.05) is 25.7 Å². The molecule has 0 rings (SSSR count). The van der Waals surface area contributed by atoms with Crippen molar-refractivity contribution in [3.63, 3.8) is 0 Å². The molecule has 0 fully saturated rings. The average molecular weight is 264 g/mol. The highest BCUT2D eigenvalue weighted by atomic mass is 31.1. The van der Waals surface area contributed by atoms with Gasteiger partial charge in [-0.25, -0.2) is 4.79 Å². The lowest BCUT2D eigenvalue weighted by molar-refractivity contribution is -0.170. The van der Waals surface area contributed by atoms with Crippen LogP contribution >= 0.6 is 8.58 Å². The van der Waals surface area contributed by atoms with Crippen LogP contribution in [-0.2, 0) is 14.3 Å². The number of ether oxygens (including phenoxy) is 2. The quantitative estimate of drug-likeness (QED) is 0.511. The summed E-state index contributed by atoms with van der Waals surface area (Å²) in [6.07, 6.45) is 1.26. The Kier molecular flexibility index (Phi) is 8.75. The summed E-state index contributed by atoms with van der Waals surface area (Å²) in [4.78, 5) is 12.1. The fraction of sp³-hybridized carbons (Fsp3) is 0.917. The Hall–Kier alpha value is -0.180. The minimum atomic E-state index is -0.875. The number of esters is 1. The van der Waals surface area contributed by atoms with E-state index in [2.05, 4.69) is 13.8 Å². The fourth-order valence-corrected chi connectivity index (χ4v) is 2.76. The topological polar surface area (TPSA) is 55.8 Å². The van der Waals surface area contributed by atoms with Crippen molar-refractivity contribution in [3.8, 4) is 0 Å². The molecule has 1 N–H and O–H groups in total. The molecule has 0 radical (unpaired) electrons. The molecule has 4 nitrogen and oxygen atoms in total. The van der Waals surface area contributed by atoms with Gasteiger partial charge in [0.2, 0.25) is 0 Å². The highest BCUT2D eigenvalue weighted by Crippen LogP contribution is 2.30. The van der Waals surface area contributed by atoms with Gasteiger partial charge >= 0.3 is 5.97 Å². The van der Waals surface area contributed by atoms with E-state index >= 15 is 0 Å². The number of hydrogen-bond donors (Lipinski definition) is 1. The van der Waals surface area contributed by atoms with Crippen molar-refractivity contribution in [2.45, 2.75) is 39.7 Å². The third-order valence-electron chi connectivity index (χ3n) is 2.33. The van der Waals surface area contributed by atoms with Gasteiger partial charge < -0.3 is 14.6 Å². The van der Waals surface area contributed by atoms with Crippen molar-refractivity contribution in [3.05, 3.63) is 0 Å². The second kappa shape index (κ2) is 8.84. The summed E-state index contributed by atoms with van der Waals surface area (Å²) < 4.78 is 10.8. The number of hydrogen-bond acceptors (Lipinski definition) is 4. The highest BCUT2D eigenvalue weighted by molar-refractivity contribution is 7.37. The second-order valence-corrected chi connectivity index (χ2v) is 5.50. The molecule has 0 aliphatic carbocycles. The summed E-state index contributed by atoms with van der Waals surface area (Å²) in [5.74, 6) is 0.0472. The molecule has 0 aromatic rings. The Morgan fingerprint density at radius 1 is 1.35 bits per heavy atom. The van der Waals surface area contributed by atoms with E-state index in [1.807, 2.05) is 6.92 Å². The van der Waals surface area contributed by atoms with Crippen LogP contribution in [0, 0.1) is 5.92 Å². The third kappa shape index (κ3) is 5.80. The third-order valence-corrected chi connectivity index (χ3v) is 3.37. The first-order valence-corrected chi connectivity index (χ1v) is 7.56. The first-order chi connectivity index (χ1) is 8.02. The van der Waals surface area contributed by atoms with Gasteiger partial charge in [0.15, 0.2) is 5.60 Å². The van der Waals surface area contributed by atoms with E-state index in [4.69, 9.17) is 14.6 Å². The van der Waals surface area contributed by atoms with E-state index < -0.39 is 5.60 Å². The molecule has 0 aromatic carbocycles. The van der Waals surface area contributed by atoms with Crippen LogP contribution in [-0.4, -0.2) is 42.4 Å². The minimum absolute atomic E-state index is 0.0896. The fourth-order valence-electron chi connectivity index (χ4n) is 1.85. The van der Waals surface area contributed by atoms with Gasteiger partial charge in [-0.15, -0.1) is 0 Å². The van der Waals surface area contributed by atoms with E-state index in [0.29, 0.717) is 40.3 Å². The Bertz CT molecular complexity index is 221. The molecule has 2 unspecified atom stereocenters. The van der Waals surface area contributed by atoms with Crippen molar-refractivity contribution in [1.29, 1.82) is 0 Å². The molecule has 0 aliphatic rings. The summed E-state index contributed by atoms with van der Waals surface area (Å²) >= 11 is 0. The molecule has 0 heterocycles. The molecule has 0 saturated carbocycles. The van der Waals surface area contributed by atoms with E-state index in [-0.39, 0.29) is 12.3 Å². The van der Waals surface area contributed by atoms with Crippen LogP contribution in [0.4, 0.5) is 0 Å². The molecule has 0 bridgehead atoms. The lowest BCUT2D eigenvalue weighted by atomic mass is 9.94. The minimum Gasteiger partial charge on any atom is -0.464 e. The van der Waals surface area contributed by atoms with Crippen molar-refractivity contribution in [1.82, 2.24) is 0 Å². The van der Waals surface area contributed by atoms with Gasteiger partial charge in [0.1, 0.15) is 0 Å². The monoisotopic (exact) mass is 264 g/mol. The van der Waals surface area contributed by atoms with Crippen molar-refractivity contribution >= 4 is 14.6 Å². The first-order valence-electron chi connectivity index (χ1n) is 6.15. The molecule has 0 aromatic heterocycles. The number of carbonyl (C=O) groups is 1. The molecule has 17 heavy (non-hydrogen) atoms. The van der Waals surface area contributed by atoms with Gasteiger partial charge in [-0.05, 0) is 26.2 Å². The largest absolute Gasteiger partial charge is 0.464 e. The molecular formula is C12H25O4P. The standard InChI is InChI=1S/C12H25O4P/c1-5-15-11(14)12(16-6-2,7-10(3)4)8-17-9-13/h10,13,17H,5-9H2,1-4H3. The smallest absolute Gasteiger partial charge is 0.338 e. The summed E-state index contributed by atoms with van der Waals surface area (Å²) in [6, 6.07) is 0. The van der Waals surface area contributed by atoms with Crippen LogP contribution in [0.25, 0.3) is 0 Å². The number of carbonyl (C=O) groups excluding carboxylic acids is 1. The van der Waals surface area contributed by atoms with Crippen molar-refractivity contribution < 1.29 is 19.4 Å². The zero-order valence-electron chi connectivity index (χ0n) is 11.3. The van der Waals surface area contributed by atoms with E-state index in [1.165, 1.54) is 0 Å². The summed E-state index contributed by atoms with van der Waals surface area (Å²) in [5.41, 5.74) is -0.875. The number of aliphatic hydroxyl groups is 1. The predicted octanol–water partition coefficient (Wildman–Crippen LogP) is 2.00. The van der Waals surface area contributed by atoms with Crippen LogP contribution in [0.5, 0.6) is 0 Å². The van der Waals surface area contributed by atoms with Crippen LogP contribution in [0.3, 0.4) is 0 Å². The Labute approximate surface area is 106 Å². The van der Waals surface area contributed by atoms with Crippen molar-refractivity contribution in [2.24, 2.45) is 5.92 Å². The molecule has 0 saturated heterocycles. The Morgan fingerprint density at radius 2 is 2.00 bits per heavy atom. The van der Waals surface area contributed by atoms with Crippen LogP contribution in [0.2, 0.25) is 0 Å². The van der Waals surface area contributed by atoms with Gasteiger partial charge in [0.05, 0.1) is 13.0 Å². The molecule has 5 heteroatoms. The van der Waals surface area contributed by atoms with Gasteiger partial charge in [-0.2, -0.15) is 0 Å². The molecular weight excluding hydrogens is 239 g/mol. The zero-order chi connectivity index (χ0) is 13.3. The Balaban J connectivity index is 4.85. The van der Waals surface area contributed by atoms with E-state index in [0.717, 1.165) is 0 Å². The van der Waals surface area contributed by atoms with Crippen LogP contribution in [0.15, 0.2) is 0 Å². The van der Waals surface area contributed by atoms with E-state index in [1.54, 1.807) is 6.92 Å². The predicted molar refractivity (Wildman–Crippen MR) is 70.7 cm³/mol.